The van der Waals surface area contributed by atoms with Gasteiger partial charge in [0.05, 0.1) is 47.9 Å². The number of nitrogens with one attached hydrogen (secondary N) is 1. The smallest absolute Gasteiger partial charge is 0.354 e. The van der Waals surface area contributed by atoms with Crippen molar-refractivity contribution in [2.75, 3.05) is 20.3 Å². The maximum Gasteiger partial charge on any atom is 0.354 e. The first kappa shape index (κ1) is 35.5. The summed E-state index contributed by atoms with van der Waals surface area (Å²) in [5, 5.41) is 17.4. The third kappa shape index (κ3) is 6.77. The summed E-state index contributed by atoms with van der Waals surface area (Å²) in [7, 11) is 5.39. The Hall–Kier alpha value is -3.90. The molecular formula is C39H43ClN6O3S2. The van der Waals surface area contributed by atoms with Crippen molar-refractivity contribution >= 4 is 62.8 Å². The largest absolute Gasteiger partial charge is 0.493 e. The van der Waals surface area contributed by atoms with Crippen LogP contribution >= 0.6 is 35.1 Å². The number of ether oxygens (including phenoxy) is 2. The molecule has 8 rings (SSSR count). The lowest BCUT2D eigenvalue weighted by molar-refractivity contribution is 0.0589. The summed E-state index contributed by atoms with van der Waals surface area (Å²) in [6.07, 6.45) is 1.34. The number of halogens is 1. The van der Waals surface area contributed by atoms with E-state index in [-0.39, 0.29) is 5.97 Å². The van der Waals surface area contributed by atoms with Crippen molar-refractivity contribution in [2.45, 2.75) is 61.9 Å². The van der Waals surface area contributed by atoms with Crippen LogP contribution in [0.4, 0.5) is 0 Å². The van der Waals surface area contributed by atoms with Gasteiger partial charge in [-0.2, -0.15) is 10.2 Å². The molecule has 2 aliphatic rings. The minimum atomic E-state index is -0.369. The van der Waals surface area contributed by atoms with Gasteiger partial charge >= 0.3 is 5.97 Å². The molecule has 0 aliphatic carbocycles. The molecule has 2 aliphatic heterocycles. The van der Waals surface area contributed by atoms with Crippen LogP contribution < -0.4 is 10.1 Å². The minimum Gasteiger partial charge on any atom is -0.493 e. The van der Waals surface area contributed by atoms with Gasteiger partial charge in [-0.15, -0.1) is 23.5 Å². The van der Waals surface area contributed by atoms with Crippen LogP contribution in [-0.4, -0.2) is 50.4 Å². The van der Waals surface area contributed by atoms with Crippen LogP contribution in [0.15, 0.2) is 59.5 Å². The van der Waals surface area contributed by atoms with Crippen LogP contribution in [-0.2, 0) is 55.6 Å². The molecule has 0 unspecified atom stereocenters. The van der Waals surface area contributed by atoms with Gasteiger partial charge in [0.2, 0.25) is 0 Å². The highest BCUT2D eigenvalue weighted by atomic mass is 35.5. The highest BCUT2D eigenvalue weighted by molar-refractivity contribution is 7.98. The van der Waals surface area contributed by atoms with Crippen LogP contribution in [0.2, 0.25) is 5.02 Å². The van der Waals surface area contributed by atoms with E-state index in [1.165, 1.54) is 12.8 Å². The molecule has 0 fully saturated rings. The van der Waals surface area contributed by atoms with Crippen LogP contribution in [0.25, 0.3) is 32.8 Å². The van der Waals surface area contributed by atoms with Crippen molar-refractivity contribution in [3.05, 3.63) is 93.7 Å². The van der Waals surface area contributed by atoms with E-state index >= 15 is 0 Å². The van der Waals surface area contributed by atoms with E-state index in [2.05, 4.69) is 46.4 Å². The van der Waals surface area contributed by atoms with Gasteiger partial charge in [-0.3, -0.25) is 9.36 Å². The van der Waals surface area contributed by atoms with Gasteiger partial charge in [-0.05, 0) is 48.1 Å². The van der Waals surface area contributed by atoms with Crippen LogP contribution in [0.5, 0.6) is 5.75 Å². The molecule has 6 aromatic rings. The average Bonchev–Trinajstić information content (AvgIpc) is 3.79. The first-order chi connectivity index (χ1) is 24.9. The number of hydrogen-bond donors (Lipinski definition) is 1. The number of carbonyl (C=O) groups is 1. The fourth-order valence-corrected chi connectivity index (χ4v) is 9.30. The van der Waals surface area contributed by atoms with E-state index in [4.69, 9.17) is 31.3 Å². The molecule has 266 valence electrons. The van der Waals surface area contributed by atoms with Crippen LogP contribution in [0.1, 0.15) is 59.1 Å². The number of methoxy groups -OCH3 is 1. The number of hydrogen-bond acceptors (Lipinski definition) is 8. The summed E-state index contributed by atoms with van der Waals surface area (Å²) in [5.74, 6) is 2.74. The standard InChI is InChI=1S/C37H37ClN6O3S2.C2H6/c1-42-35-28-10-11-29(38)33(35)34-30(41-44-13-12-39-18-31(34)44)21-48-19-23-16-24(43(2)40-23)20-49-25-15-22-7-4-5-8-26(22)32(17-25)47-14-6-9-27(28)36(42)37(45)46-3;1-2/h4-5,7-8,10-11,15-17,39H,6,9,12-14,18-21H2,1-3H3;1-2H3. The molecule has 0 spiro atoms. The Morgan fingerprint density at radius 2 is 1.84 bits per heavy atom. The van der Waals surface area contributed by atoms with Gasteiger partial charge < -0.3 is 19.4 Å². The second-order valence-electron chi connectivity index (χ2n) is 12.5. The fourth-order valence-electron chi connectivity index (χ4n) is 7.22. The Kier molecular flexibility index (Phi) is 10.7. The molecule has 5 heterocycles. The molecule has 8 bridgehead atoms. The topological polar surface area (TPSA) is 88.1 Å². The molecule has 0 amide bonds. The van der Waals surface area contributed by atoms with E-state index in [1.807, 2.05) is 55.4 Å². The number of aryl methyl sites for hydroxylation is 3. The highest BCUT2D eigenvalue weighted by Gasteiger charge is 2.29. The molecule has 51 heavy (non-hydrogen) atoms. The third-order valence-corrected chi connectivity index (χ3v) is 11.8. The molecule has 3 aromatic heterocycles. The number of nitrogens with zero attached hydrogens (tertiary/aromatic N) is 5. The fraction of sp³-hybridized carbons (Fsp3) is 0.359. The maximum absolute atomic E-state index is 13.4. The maximum atomic E-state index is 13.4. The monoisotopic (exact) mass is 742 g/mol. The normalized spacial score (nSPS) is 14.9. The quantitative estimate of drug-likeness (QED) is 0.168. The predicted octanol–water partition coefficient (Wildman–Crippen LogP) is 8.55. The zero-order valence-electron chi connectivity index (χ0n) is 29.7. The summed E-state index contributed by atoms with van der Waals surface area (Å²) >= 11 is 10.7. The second kappa shape index (κ2) is 15.4. The van der Waals surface area contributed by atoms with Gasteiger partial charge in [0, 0.05) is 76.9 Å². The van der Waals surface area contributed by atoms with E-state index in [1.54, 1.807) is 23.5 Å². The van der Waals surface area contributed by atoms with Gasteiger partial charge in [0.15, 0.2) is 0 Å². The summed E-state index contributed by atoms with van der Waals surface area (Å²) < 4.78 is 17.9. The Morgan fingerprint density at radius 1 is 1.00 bits per heavy atom. The van der Waals surface area contributed by atoms with Gasteiger partial charge in [-0.25, -0.2) is 4.79 Å². The Labute approximate surface area is 312 Å². The summed E-state index contributed by atoms with van der Waals surface area (Å²) in [6, 6.07) is 18.9. The van der Waals surface area contributed by atoms with E-state index in [9.17, 15) is 4.79 Å². The number of benzene rings is 3. The molecule has 1 N–H and O–H groups in total. The van der Waals surface area contributed by atoms with E-state index in [0.29, 0.717) is 42.5 Å². The first-order valence-corrected chi connectivity index (χ1v) is 20.0. The van der Waals surface area contributed by atoms with Crippen molar-refractivity contribution in [1.82, 2.24) is 29.4 Å². The molecule has 0 atom stereocenters. The van der Waals surface area contributed by atoms with Crippen molar-refractivity contribution in [3.8, 4) is 16.9 Å². The lowest BCUT2D eigenvalue weighted by Crippen LogP contribution is -2.28. The SMILES string of the molecule is CC.COC(=O)c1c2c3ccc(Cl)c(c3n1C)-c1c(nn3c1CNCC3)CSCc1cc(n(C)n1)CSc1cc(c3ccccc3c1)OCCC2. The molecular weight excluding hydrogens is 700 g/mol. The second-order valence-corrected chi connectivity index (χ2v) is 14.9. The average molecular weight is 743 g/mol. The van der Waals surface area contributed by atoms with Crippen molar-refractivity contribution < 1.29 is 14.3 Å². The first-order valence-electron chi connectivity index (χ1n) is 17.5. The molecule has 0 saturated heterocycles. The third-order valence-electron chi connectivity index (χ3n) is 9.49. The number of esters is 1. The summed E-state index contributed by atoms with van der Waals surface area (Å²) in [5.41, 5.74) is 8.63. The number of aromatic nitrogens is 5. The zero-order chi connectivity index (χ0) is 35.6. The minimum absolute atomic E-state index is 0.369. The van der Waals surface area contributed by atoms with Crippen LogP contribution in [0.3, 0.4) is 0 Å². The van der Waals surface area contributed by atoms with E-state index in [0.717, 1.165) is 90.7 Å². The number of carbonyl (C=O) groups excluding carboxylic acids is 1. The van der Waals surface area contributed by atoms with Gasteiger partial charge in [0.1, 0.15) is 11.4 Å². The number of rotatable bonds is 1. The van der Waals surface area contributed by atoms with E-state index < -0.39 is 0 Å². The lowest BCUT2D eigenvalue weighted by Gasteiger charge is -2.17. The highest BCUT2D eigenvalue weighted by Crippen LogP contribution is 2.43. The Bertz CT molecular complexity index is 2240. The molecule has 0 radical (unpaired) electrons. The zero-order valence-corrected chi connectivity index (χ0v) is 32.1. The Balaban J connectivity index is 0.00000200. The van der Waals surface area contributed by atoms with Gasteiger partial charge in [-0.1, -0.05) is 55.8 Å². The Morgan fingerprint density at radius 3 is 2.69 bits per heavy atom. The summed E-state index contributed by atoms with van der Waals surface area (Å²) in [4.78, 5) is 14.6. The lowest BCUT2D eigenvalue weighted by atomic mass is 9.97. The number of thioether (sulfide) groups is 2. The summed E-state index contributed by atoms with van der Waals surface area (Å²) in [6.45, 7) is 6.82. The van der Waals surface area contributed by atoms with Crippen LogP contribution in [0, 0.1) is 0 Å². The van der Waals surface area contributed by atoms with Crippen molar-refractivity contribution in [2.24, 2.45) is 14.1 Å². The molecule has 12 heteroatoms. The van der Waals surface area contributed by atoms with Crippen molar-refractivity contribution in [1.29, 1.82) is 0 Å². The number of fused-ring (bicyclic) bond motifs is 10. The molecule has 9 nitrogen and oxygen atoms in total. The van der Waals surface area contributed by atoms with Crippen molar-refractivity contribution in [3.63, 3.8) is 0 Å². The predicted molar refractivity (Wildman–Crippen MR) is 209 cm³/mol. The molecule has 0 saturated carbocycles. The molecule has 3 aromatic carbocycles. The van der Waals surface area contributed by atoms with Gasteiger partial charge in [0.25, 0.3) is 0 Å².